The standard InChI is InChI=1S/C25H44N2O6SSi/c1-22(2,3)32-21(28)27-16(15-29-24(27,7)8)17(33-35(11,12)23(4,5)6)18-19(20-26-13-14-34-20)31-25(9,10)30-18/h13-14,16-19H,15H2,1-12H3/t16-,17+,18+,19-/m1/s1. The number of nitrogens with zero attached hydrogens (tertiary/aromatic N) is 2. The number of ether oxygens (including phenoxy) is 4. The van der Waals surface area contributed by atoms with Crippen LogP contribution in [0.4, 0.5) is 4.79 Å². The van der Waals surface area contributed by atoms with Gasteiger partial charge in [-0.3, -0.25) is 4.90 Å². The van der Waals surface area contributed by atoms with Crippen molar-refractivity contribution in [3.8, 4) is 0 Å². The maximum atomic E-state index is 13.5. The molecule has 0 bridgehead atoms. The first-order valence-corrected chi connectivity index (χ1v) is 16.1. The lowest BCUT2D eigenvalue weighted by molar-refractivity contribution is -0.158. The van der Waals surface area contributed by atoms with E-state index in [1.54, 1.807) is 11.1 Å². The zero-order valence-electron chi connectivity index (χ0n) is 23.4. The van der Waals surface area contributed by atoms with E-state index in [1.165, 1.54) is 11.3 Å². The molecule has 0 spiro atoms. The first-order chi connectivity index (χ1) is 15.7. The van der Waals surface area contributed by atoms with Gasteiger partial charge in [0, 0.05) is 11.6 Å². The summed E-state index contributed by atoms with van der Waals surface area (Å²) in [6.07, 6.45) is -0.0927. The van der Waals surface area contributed by atoms with E-state index in [2.05, 4.69) is 38.8 Å². The van der Waals surface area contributed by atoms with Crippen LogP contribution >= 0.6 is 11.3 Å². The second-order valence-corrected chi connectivity index (χ2v) is 18.6. The van der Waals surface area contributed by atoms with Gasteiger partial charge >= 0.3 is 6.09 Å². The molecule has 3 heterocycles. The normalized spacial score (nSPS) is 27.8. The lowest BCUT2D eigenvalue weighted by Gasteiger charge is -2.45. The number of thiazole rings is 1. The van der Waals surface area contributed by atoms with Gasteiger partial charge < -0.3 is 23.4 Å². The molecule has 0 aromatic carbocycles. The Kier molecular flexibility index (Phi) is 7.63. The van der Waals surface area contributed by atoms with Crippen LogP contribution in [0.15, 0.2) is 11.6 Å². The molecule has 0 N–H and O–H groups in total. The van der Waals surface area contributed by atoms with Crippen molar-refractivity contribution in [2.75, 3.05) is 6.61 Å². The Bertz CT molecular complexity index is 891. The monoisotopic (exact) mass is 528 g/mol. The Labute approximate surface area is 215 Å². The van der Waals surface area contributed by atoms with Gasteiger partial charge in [-0.15, -0.1) is 11.3 Å². The summed E-state index contributed by atoms with van der Waals surface area (Å²) in [6, 6.07) is -0.432. The quantitative estimate of drug-likeness (QED) is 0.427. The Hall–Kier alpha value is -1.04. The highest BCUT2D eigenvalue weighted by Crippen LogP contribution is 2.47. The second kappa shape index (κ2) is 9.36. The Balaban J connectivity index is 2.08. The van der Waals surface area contributed by atoms with Crippen LogP contribution in [0.25, 0.3) is 0 Å². The Morgan fingerprint density at radius 3 is 2.31 bits per heavy atom. The highest BCUT2D eigenvalue weighted by Gasteiger charge is 2.58. The van der Waals surface area contributed by atoms with E-state index in [0.717, 1.165) is 5.01 Å². The van der Waals surface area contributed by atoms with Crippen molar-refractivity contribution < 1.29 is 28.2 Å². The SMILES string of the molecule is CC(C)(C)OC(=O)N1[C@@H]([C@H](O[Si](C)(C)C(C)(C)C)[C@@H]2OC(C)(C)O[C@H]2c2nccs2)COC1(C)C. The van der Waals surface area contributed by atoms with Crippen molar-refractivity contribution in [3.63, 3.8) is 0 Å². The van der Waals surface area contributed by atoms with E-state index in [-0.39, 0.29) is 5.04 Å². The maximum Gasteiger partial charge on any atom is 0.412 e. The smallest absolute Gasteiger partial charge is 0.412 e. The second-order valence-electron chi connectivity index (χ2n) is 12.9. The molecule has 0 aliphatic carbocycles. The topological polar surface area (TPSA) is 79.4 Å². The molecule has 200 valence electrons. The fourth-order valence-corrected chi connectivity index (χ4v) is 6.24. The fourth-order valence-electron chi connectivity index (χ4n) is 4.22. The minimum absolute atomic E-state index is 0.0529. The summed E-state index contributed by atoms with van der Waals surface area (Å²) in [7, 11) is -2.31. The molecule has 4 atom stereocenters. The van der Waals surface area contributed by atoms with Crippen LogP contribution in [0.3, 0.4) is 0 Å². The molecule has 8 nitrogen and oxygen atoms in total. The van der Waals surface area contributed by atoms with Crippen molar-refractivity contribution in [3.05, 3.63) is 16.6 Å². The van der Waals surface area contributed by atoms with Crippen molar-refractivity contribution in [1.29, 1.82) is 0 Å². The van der Waals surface area contributed by atoms with Crippen molar-refractivity contribution >= 4 is 25.7 Å². The number of rotatable bonds is 5. The van der Waals surface area contributed by atoms with E-state index in [4.69, 9.17) is 23.4 Å². The lowest BCUT2D eigenvalue weighted by atomic mass is 10.00. The zero-order valence-corrected chi connectivity index (χ0v) is 25.2. The molecule has 2 saturated heterocycles. The van der Waals surface area contributed by atoms with Crippen LogP contribution in [0.2, 0.25) is 18.1 Å². The van der Waals surface area contributed by atoms with E-state index >= 15 is 0 Å². The Morgan fingerprint density at radius 2 is 1.80 bits per heavy atom. The van der Waals surface area contributed by atoms with Crippen molar-refractivity contribution in [1.82, 2.24) is 9.88 Å². The van der Waals surface area contributed by atoms with Gasteiger partial charge in [0.1, 0.15) is 28.5 Å². The van der Waals surface area contributed by atoms with Gasteiger partial charge in [0.25, 0.3) is 0 Å². The van der Waals surface area contributed by atoms with Gasteiger partial charge in [0.05, 0.1) is 18.8 Å². The number of amides is 1. The van der Waals surface area contributed by atoms with Gasteiger partial charge in [0.15, 0.2) is 14.1 Å². The number of hydrogen-bond acceptors (Lipinski definition) is 8. The largest absolute Gasteiger partial charge is 0.444 e. The molecule has 35 heavy (non-hydrogen) atoms. The summed E-state index contributed by atoms with van der Waals surface area (Å²) in [6.45, 7) is 24.5. The number of hydrogen-bond donors (Lipinski definition) is 0. The van der Waals surface area contributed by atoms with E-state index in [1.807, 2.05) is 53.8 Å². The third-order valence-corrected chi connectivity index (χ3v) is 12.2. The highest BCUT2D eigenvalue weighted by molar-refractivity contribution is 7.09. The zero-order chi connectivity index (χ0) is 26.6. The summed E-state index contributed by atoms with van der Waals surface area (Å²) in [5.74, 6) is -0.832. The van der Waals surface area contributed by atoms with Gasteiger partial charge in [0.2, 0.25) is 0 Å². The van der Waals surface area contributed by atoms with Crippen LogP contribution in [-0.2, 0) is 23.4 Å². The average molecular weight is 529 g/mol. The van der Waals surface area contributed by atoms with E-state index in [0.29, 0.717) is 6.61 Å². The summed E-state index contributed by atoms with van der Waals surface area (Å²) >= 11 is 1.53. The van der Waals surface area contributed by atoms with Crippen molar-refractivity contribution in [2.24, 2.45) is 0 Å². The molecule has 2 aliphatic rings. The Morgan fingerprint density at radius 1 is 1.17 bits per heavy atom. The summed E-state index contributed by atoms with van der Waals surface area (Å²) in [5.41, 5.74) is -1.51. The number of carbonyl (C=O) groups is 1. The lowest BCUT2D eigenvalue weighted by Crippen LogP contribution is -2.60. The summed E-state index contributed by atoms with van der Waals surface area (Å²) in [5, 5.41) is 2.70. The first kappa shape index (κ1) is 28.5. The van der Waals surface area contributed by atoms with Gasteiger partial charge in [-0.1, -0.05) is 20.8 Å². The molecule has 1 amide bonds. The van der Waals surface area contributed by atoms with Gasteiger partial charge in [-0.05, 0) is 66.6 Å². The van der Waals surface area contributed by atoms with E-state index < -0.39 is 55.9 Å². The van der Waals surface area contributed by atoms with Gasteiger partial charge in [-0.2, -0.15) is 0 Å². The summed E-state index contributed by atoms with van der Waals surface area (Å²) in [4.78, 5) is 19.7. The molecular weight excluding hydrogens is 484 g/mol. The predicted octanol–water partition coefficient (Wildman–Crippen LogP) is 6.10. The summed E-state index contributed by atoms with van der Waals surface area (Å²) < 4.78 is 31.9. The predicted molar refractivity (Wildman–Crippen MR) is 139 cm³/mol. The molecule has 1 aromatic heterocycles. The molecule has 2 fully saturated rings. The maximum absolute atomic E-state index is 13.5. The highest BCUT2D eigenvalue weighted by atomic mass is 32.1. The third kappa shape index (κ3) is 6.27. The van der Waals surface area contributed by atoms with Crippen LogP contribution in [-0.4, -0.2) is 66.3 Å². The number of carbonyl (C=O) groups excluding carboxylic acids is 1. The minimum atomic E-state index is -2.31. The number of aromatic nitrogens is 1. The third-order valence-electron chi connectivity index (χ3n) is 6.87. The molecule has 1 aromatic rings. The average Bonchev–Trinajstić information content (AvgIpc) is 3.34. The van der Waals surface area contributed by atoms with Crippen LogP contribution in [0.5, 0.6) is 0 Å². The molecule has 0 saturated carbocycles. The van der Waals surface area contributed by atoms with E-state index in [9.17, 15) is 4.79 Å². The van der Waals surface area contributed by atoms with Crippen molar-refractivity contribution in [2.45, 2.75) is 129 Å². The molecule has 10 heteroatoms. The first-order valence-electron chi connectivity index (χ1n) is 12.3. The minimum Gasteiger partial charge on any atom is -0.444 e. The molecule has 0 radical (unpaired) electrons. The molecule has 3 rings (SSSR count). The van der Waals surface area contributed by atoms with Crippen LogP contribution in [0.1, 0.15) is 80.3 Å². The molecular formula is C25H44N2O6SSi. The van der Waals surface area contributed by atoms with Crippen LogP contribution in [0, 0.1) is 0 Å². The molecule has 2 aliphatic heterocycles. The van der Waals surface area contributed by atoms with Crippen LogP contribution < -0.4 is 0 Å². The molecule has 0 unspecified atom stereocenters. The van der Waals surface area contributed by atoms with Gasteiger partial charge in [-0.25, -0.2) is 9.78 Å². The fraction of sp³-hybridized carbons (Fsp3) is 0.840.